The summed E-state index contributed by atoms with van der Waals surface area (Å²) in [6.07, 6.45) is 3.42. The first-order valence-electron chi connectivity index (χ1n) is 7.45. The number of nitrogens with one attached hydrogen (secondary N) is 1. The van der Waals surface area contributed by atoms with Crippen LogP contribution in [0.1, 0.15) is 44.5 Å². The Balaban J connectivity index is 1.93. The Morgan fingerprint density at radius 2 is 1.90 bits per heavy atom. The molecule has 5 heteroatoms. The van der Waals surface area contributed by atoms with Crippen molar-refractivity contribution in [2.24, 2.45) is 11.8 Å². The lowest BCUT2D eigenvalue weighted by Crippen LogP contribution is -2.41. The van der Waals surface area contributed by atoms with Crippen LogP contribution in [-0.2, 0) is 11.3 Å². The predicted molar refractivity (Wildman–Crippen MR) is 80.2 cm³/mol. The molecule has 1 aliphatic carbocycles. The molecule has 1 aliphatic rings. The minimum atomic E-state index is 0.0295. The van der Waals surface area contributed by atoms with Crippen LogP contribution in [0.5, 0.6) is 0 Å². The van der Waals surface area contributed by atoms with Gasteiger partial charge in [-0.15, -0.1) is 0 Å². The lowest BCUT2D eigenvalue weighted by Gasteiger charge is -2.32. The number of nitrogens with zero attached hydrogens (tertiary/aromatic N) is 2. The first kappa shape index (κ1) is 14.9. The molecule has 1 aromatic rings. The Labute approximate surface area is 120 Å². The molecule has 0 saturated heterocycles. The van der Waals surface area contributed by atoms with Gasteiger partial charge in [0.25, 0.3) is 0 Å². The zero-order valence-electron chi connectivity index (χ0n) is 12.9. The van der Waals surface area contributed by atoms with Crippen molar-refractivity contribution >= 4 is 11.6 Å². The molecule has 1 aromatic heterocycles. The molecule has 2 unspecified atom stereocenters. The van der Waals surface area contributed by atoms with E-state index in [0.717, 1.165) is 24.2 Å². The molecular weight excluding hydrogens is 252 g/mol. The lowest BCUT2D eigenvalue weighted by atomic mass is 9.80. The molecule has 3 N–H and O–H groups in total. The first-order valence-corrected chi connectivity index (χ1v) is 7.45. The summed E-state index contributed by atoms with van der Waals surface area (Å²) < 4.78 is 1.69. The molecule has 1 saturated carbocycles. The number of rotatable bonds is 3. The third-order valence-electron chi connectivity index (χ3n) is 4.27. The summed E-state index contributed by atoms with van der Waals surface area (Å²) in [5.41, 5.74) is 8.21. The van der Waals surface area contributed by atoms with E-state index in [4.69, 9.17) is 5.73 Å². The van der Waals surface area contributed by atoms with E-state index >= 15 is 0 Å². The number of hydrogen-bond donors (Lipinski definition) is 2. The SMILES string of the molecule is Cc1nn(CC(=O)NC2CC(C)CC(C)C2)c(C)c1N. The highest BCUT2D eigenvalue weighted by Gasteiger charge is 2.25. The fourth-order valence-corrected chi connectivity index (χ4v) is 3.34. The Bertz CT molecular complexity index is 484. The number of aryl methyl sites for hydroxylation is 1. The number of aromatic nitrogens is 2. The molecule has 112 valence electrons. The Kier molecular flexibility index (Phi) is 4.35. The van der Waals surface area contributed by atoms with Crippen LogP contribution in [0, 0.1) is 25.7 Å². The van der Waals surface area contributed by atoms with E-state index in [2.05, 4.69) is 24.3 Å². The van der Waals surface area contributed by atoms with Gasteiger partial charge in [-0.2, -0.15) is 5.10 Å². The second kappa shape index (κ2) is 5.85. The quantitative estimate of drug-likeness (QED) is 0.888. The first-order chi connectivity index (χ1) is 9.36. The van der Waals surface area contributed by atoms with E-state index in [1.54, 1.807) is 4.68 Å². The van der Waals surface area contributed by atoms with Gasteiger partial charge in [0.1, 0.15) is 6.54 Å². The van der Waals surface area contributed by atoms with Crippen LogP contribution in [-0.4, -0.2) is 21.7 Å². The molecule has 20 heavy (non-hydrogen) atoms. The van der Waals surface area contributed by atoms with Crippen molar-refractivity contribution in [1.82, 2.24) is 15.1 Å². The summed E-state index contributed by atoms with van der Waals surface area (Å²) in [6, 6.07) is 0.301. The zero-order valence-corrected chi connectivity index (χ0v) is 12.9. The molecule has 2 rings (SSSR count). The Morgan fingerprint density at radius 3 is 2.40 bits per heavy atom. The number of nitrogen functional groups attached to an aromatic ring is 1. The molecule has 0 spiro atoms. The van der Waals surface area contributed by atoms with E-state index in [9.17, 15) is 4.79 Å². The molecule has 1 fully saturated rings. The number of carbonyl (C=O) groups excluding carboxylic acids is 1. The topological polar surface area (TPSA) is 72.9 Å². The van der Waals surface area contributed by atoms with Crippen molar-refractivity contribution in [1.29, 1.82) is 0 Å². The van der Waals surface area contributed by atoms with Crippen LogP contribution in [0.15, 0.2) is 0 Å². The lowest BCUT2D eigenvalue weighted by molar-refractivity contribution is -0.123. The van der Waals surface area contributed by atoms with Gasteiger partial charge < -0.3 is 11.1 Å². The Morgan fingerprint density at radius 1 is 1.30 bits per heavy atom. The van der Waals surface area contributed by atoms with Gasteiger partial charge in [-0.05, 0) is 44.9 Å². The van der Waals surface area contributed by atoms with E-state index in [-0.39, 0.29) is 12.5 Å². The number of carbonyl (C=O) groups is 1. The van der Waals surface area contributed by atoms with E-state index in [1.807, 2.05) is 13.8 Å². The van der Waals surface area contributed by atoms with Gasteiger partial charge in [-0.3, -0.25) is 9.48 Å². The van der Waals surface area contributed by atoms with Crippen molar-refractivity contribution < 1.29 is 4.79 Å². The van der Waals surface area contributed by atoms with Gasteiger partial charge in [0, 0.05) is 6.04 Å². The van der Waals surface area contributed by atoms with Crippen molar-refractivity contribution in [2.75, 3.05) is 5.73 Å². The summed E-state index contributed by atoms with van der Waals surface area (Å²) in [4.78, 5) is 12.2. The van der Waals surface area contributed by atoms with Crippen molar-refractivity contribution in [2.45, 2.75) is 59.5 Å². The zero-order chi connectivity index (χ0) is 14.9. The van der Waals surface area contributed by atoms with Gasteiger partial charge in [-0.25, -0.2) is 0 Å². The van der Waals surface area contributed by atoms with Crippen LogP contribution in [0.25, 0.3) is 0 Å². The van der Waals surface area contributed by atoms with Crippen LogP contribution in [0.4, 0.5) is 5.69 Å². The van der Waals surface area contributed by atoms with Crippen molar-refractivity contribution in [3.05, 3.63) is 11.4 Å². The summed E-state index contributed by atoms with van der Waals surface area (Å²) >= 11 is 0. The van der Waals surface area contributed by atoms with E-state index in [1.165, 1.54) is 6.42 Å². The number of anilines is 1. The molecule has 2 atom stereocenters. The molecule has 0 aliphatic heterocycles. The third-order valence-corrected chi connectivity index (χ3v) is 4.27. The normalized spacial score (nSPS) is 26.5. The third kappa shape index (κ3) is 3.32. The fourth-order valence-electron chi connectivity index (χ4n) is 3.34. The molecule has 0 aromatic carbocycles. The maximum absolute atomic E-state index is 12.2. The van der Waals surface area contributed by atoms with Crippen LogP contribution in [0.3, 0.4) is 0 Å². The minimum Gasteiger partial charge on any atom is -0.396 e. The molecule has 0 radical (unpaired) electrons. The molecule has 1 amide bonds. The van der Waals surface area contributed by atoms with Gasteiger partial charge >= 0.3 is 0 Å². The van der Waals surface area contributed by atoms with Gasteiger partial charge in [0.15, 0.2) is 0 Å². The van der Waals surface area contributed by atoms with Crippen molar-refractivity contribution in [3.63, 3.8) is 0 Å². The average molecular weight is 278 g/mol. The largest absolute Gasteiger partial charge is 0.396 e. The smallest absolute Gasteiger partial charge is 0.241 e. The monoisotopic (exact) mass is 278 g/mol. The number of nitrogens with two attached hydrogens (primary N) is 1. The second-order valence-electron chi connectivity index (χ2n) is 6.42. The van der Waals surface area contributed by atoms with Gasteiger partial charge in [-0.1, -0.05) is 13.8 Å². The summed E-state index contributed by atoms with van der Waals surface area (Å²) in [5, 5.41) is 7.45. The average Bonchev–Trinajstić information content (AvgIpc) is 2.55. The van der Waals surface area contributed by atoms with E-state index in [0.29, 0.717) is 23.6 Å². The molecule has 0 bridgehead atoms. The van der Waals surface area contributed by atoms with Gasteiger partial charge in [0.2, 0.25) is 5.91 Å². The highest BCUT2D eigenvalue weighted by Crippen LogP contribution is 2.28. The standard InChI is InChI=1S/C15H26N4O/c1-9-5-10(2)7-13(6-9)17-14(20)8-19-12(4)15(16)11(3)18-19/h9-10,13H,5-8,16H2,1-4H3,(H,17,20). The minimum absolute atomic E-state index is 0.0295. The maximum atomic E-state index is 12.2. The summed E-state index contributed by atoms with van der Waals surface area (Å²) in [7, 11) is 0. The number of hydrogen-bond acceptors (Lipinski definition) is 3. The van der Waals surface area contributed by atoms with Gasteiger partial charge in [0.05, 0.1) is 17.1 Å². The predicted octanol–water partition coefficient (Wildman–Crippen LogP) is 2.02. The highest BCUT2D eigenvalue weighted by atomic mass is 16.2. The highest BCUT2D eigenvalue weighted by molar-refractivity contribution is 5.76. The molecular formula is C15H26N4O. The number of amides is 1. The van der Waals surface area contributed by atoms with Crippen LogP contribution >= 0.6 is 0 Å². The second-order valence-corrected chi connectivity index (χ2v) is 6.42. The van der Waals surface area contributed by atoms with Crippen LogP contribution < -0.4 is 11.1 Å². The summed E-state index contributed by atoms with van der Waals surface area (Å²) in [5.74, 6) is 1.41. The van der Waals surface area contributed by atoms with E-state index < -0.39 is 0 Å². The van der Waals surface area contributed by atoms with Crippen LogP contribution in [0.2, 0.25) is 0 Å². The molecule has 5 nitrogen and oxygen atoms in total. The summed E-state index contributed by atoms with van der Waals surface area (Å²) in [6.45, 7) is 8.53. The maximum Gasteiger partial charge on any atom is 0.241 e. The van der Waals surface area contributed by atoms with Crippen molar-refractivity contribution in [3.8, 4) is 0 Å². The molecule has 1 heterocycles. The fraction of sp³-hybridized carbons (Fsp3) is 0.733. The Hall–Kier alpha value is -1.52.